The second-order valence-electron chi connectivity index (χ2n) is 4.38. The number of thiophene rings is 1. The van der Waals surface area contributed by atoms with Crippen molar-refractivity contribution in [1.82, 2.24) is 5.43 Å². The average molecular weight is 321 g/mol. The van der Waals surface area contributed by atoms with Crippen molar-refractivity contribution >= 4 is 39.0 Å². The molecule has 1 saturated heterocycles. The monoisotopic (exact) mass is 320 g/mol. The fourth-order valence-corrected chi connectivity index (χ4v) is 5.14. The summed E-state index contributed by atoms with van der Waals surface area (Å²) in [6, 6.07) is 2.47. The lowest BCUT2D eigenvalue weighted by molar-refractivity contribution is 0.407. The molecule has 2 atom stereocenters. The third-order valence-corrected chi connectivity index (χ3v) is 6.86. The number of hydrogen-bond acceptors (Lipinski definition) is 4. The van der Waals surface area contributed by atoms with E-state index in [-0.39, 0.29) is 4.75 Å². The van der Waals surface area contributed by atoms with Gasteiger partial charge < -0.3 is 0 Å². The van der Waals surface area contributed by atoms with Crippen LogP contribution in [0.1, 0.15) is 24.6 Å². The fourth-order valence-electron chi connectivity index (χ4n) is 2.18. The van der Waals surface area contributed by atoms with Crippen LogP contribution >= 0.6 is 39.0 Å². The van der Waals surface area contributed by atoms with E-state index in [1.807, 2.05) is 0 Å². The molecule has 2 heterocycles. The van der Waals surface area contributed by atoms with Crippen molar-refractivity contribution in [1.29, 1.82) is 0 Å². The van der Waals surface area contributed by atoms with Gasteiger partial charge in [0.25, 0.3) is 0 Å². The quantitative estimate of drug-likeness (QED) is 0.661. The topological polar surface area (TPSA) is 38.0 Å². The number of halogens is 1. The van der Waals surface area contributed by atoms with Crippen LogP contribution in [0.15, 0.2) is 15.9 Å². The molecular weight excluding hydrogens is 304 g/mol. The molecule has 0 radical (unpaired) electrons. The molecule has 2 nitrogen and oxygen atoms in total. The van der Waals surface area contributed by atoms with Crippen LogP contribution in [-0.2, 0) is 6.42 Å². The Morgan fingerprint density at radius 2 is 2.50 bits per heavy atom. The van der Waals surface area contributed by atoms with Gasteiger partial charge >= 0.3 is 0 Å². The maximum Gasteiger partial charge on any atom is 0.0403 e. The Balaban J connectivity index is 2.08. The second kappa shape index (κ2) is 5.40. The van der Waals surface area contributed by atoms with E-state index < -0.39 is 0 Å². The summed E-state index contributed by atoms with van der Waals surface area (Å²) in [5.41, 5.74) is 3.01. The van der Waals surface area contributed by atoms with Crippen LogP contribution in [0.3, 0.4) is 0 Å². The van der Waals surface area contributed by atoms with E-state index in [0.717, 1.165) is 6.42 Å². The zero-order valence-corrected chi connectivity index (χ0v) is 12.6. The highest BCUT2D eigenvalue weighted by Crippen LogP contribution is 2.42. The first kappa shape index (κ1) is 12.9. The molecule has 16 heavy (non-hydrogen) atoms. The highest BCUT2D eigenvalue weighted by atomic mass is 79.9. The van der Waals surface area contributed by atoms with Gasteiger partial charge in [-0.3, -0.25) is 11.3 Å². The van der Waals surface area contributed by atoms with Gasteiger partial charge in [-0.25, -0.2) is 0 Å². The van der Waals surface area contributed by atoms with Gasteiger partial charge in [0, 0.05) is 26.6 Å². The molecule has 0 spiro atoms. The smallest absolute Gasteiger partial charge is 0.0403 e. The highest BCUT2D eigenvalue weighted by molar-refractivity contribution is 9.10. The van der Waals surface area contributed by atoms with Gasteiger partial charge in [0.1, 0.15) is 0 Å². The van der Waals surface area contributed by atoms with Crippen LogP contribution < -0.4 is 11.3 Å². The summed E-state index contributed by atoms with van der Waals surface area (Å²) in [6.07, 6.45) is 3.58. The number of hydrogen-bond donors (Lipinski definition) is 2. The molecule has 2 unspecified atom stereocenters. The molecule has 1 fully saturated rings. The van der Waals surface area contributed by atoms with Gasteiger partial charge in [-0.2, -0.15) is 11.8 Å². The number of hydrazine groups is 1. The number of nitrogens with two attached hydrogens (primary N) is 1. The zero-order chi connectivity index (χ0) is 11.6. The molecule has 90 valence electrons. The summed E-state index contributed by atoms with van der Waals surface area (Å²) in [5, 5.41) is 2.12. The Labute approximate surface area is 113 Å². The van der Waals surface area contributed by atoms with Crippen molar-refractivity contribution in [3.8, 4) is 0 Å². The number of nitrogens with one attached hydrogen (secondary N) is 1. The molecule has 2 rings (SSSR count). The summed E-state index contributed by atoms with van der Waals surface area (Å²) in [6.45, 7) is 2.33. The lowest BCUT2D eigenvalue weighted by atomic mass is 9.93. The van der Waals surface area contributed by atoms with Crippen LogP contribution in [0.25, 0.3) is 0 Å². The predicted octanol–water partition coefficient (Wildman–Crippen LogP) is 3.17. The summed E-state index contributed by atoms with van der Waals surface area (Å²) < 4.78 is 1.50. The molecule has 0 amide bonds. The Hall–Kier alpha value is 0.450. The van der Waals surface area contributed by atoms with Gasteiger partial charge in [0.15, 0.2) is 0 Å². The summed E-state index contributed by atoms with van der Waals surface area (Å²) in [4.78, 5) is 1.39. The van der Waals surface area contributed by atoms with Gasteiger partial charge in [0.05, 0.1) is 0 Å². The second-order valence-corrected chi connectivity index (χ2v) is 7.86. The summed E-state index contributed by atoms with van der Waals surface area (Å²) >= 11 is 7.44. The third-order valence-electron chi connectivity index (χ3n) is 3.27. The maximum absolute atomic E-state index is 5.73. The van der Waals surface area contributed by atoms with E-state index in [2.05, 4.69) is 51.5 Å². The van der Waals surface area contributed by atoms with E-state index in [1.165, 1.54) is 27.9 Å². The molecule has 0 bridgehead atoms. The van der Waals surface area contributed by atoms with Crippen LogP contribution in [0.2, 0.25) is 0 Å². The normalized spacial score (nSPS) is 27.2. The van der Waals surface area contributed by atoms with E-state index in [9.17, 15) is 0 Å². The number of thioether (sulfide) groups is 1. The van der Waals surface area contributed by atoms with Gasteiger partial charge in [0.2, 0.25) is 0 Å². The van der Waals surface area contributed by atoms with Crippen LogP contribution in [0.5, 0.6) is 0 Å². The molecule has 1 aromatic heterocycles. The first-order valence-corrected chi connectivity index (χ1v) is 8.13. The van der Waals surface area contributed by atoms with Crippen molar-refractivity contribution < 1.29 is 0 Å². The fraction of sp³-hybridized carbons (Fsp3) is 0.636. The van der Waals surface area contributed by atoms with Crippen molar-refractivity contribution in [2.45, 2.75) is 37.0 Å². The first-order chi connectivity index (χ1) is 7.65. The van der Waals surface area contributed by atoms with Crippen molar-refractivity contribution in [3.63, 3.8) is 0 Å². The molecule has 5 heteroatoms. The van der Waals surface area contributed by atoms with Gasteiger partial charge in [-0.15, -0.1) is 11.3 Å². The predicted molar refractivity (Wildman–Crippen MR) is 76.9 cm³/mol. The standard InChI is InChI=1S/C11H17BrN2S2/c1-11(4-2-5-16-11)10(14-13)7-9-8(12)3-6-15-9/h3,6,10,14H,2,4-5,7,13H2,1H3. The average Bonchev–Trinajstić information content (AvgIpc) is 2.85. The molecule has 0 saturated carbocycles. The summed E-state index contributed by atoms with van der Waals surface area (Å²) in [7, 11) is 0. The van der Waals surface area contributed by atoms with Crippen LogP contribution in [-0.4, -0.2) is 16.5 Å². The molecule has 1 aliphatic heterocycles. The summed E-state index contributed by atoms with van der Waals surface area (Å²) in [5.74, 6) is 6.99. The molecule has 1 aliphatic rings. The van der Waals surface area contributed by atoms with Crippen LogP contribution in [0.4, 0.5) is 0 Å². The Morgan fingerprint density at radius 3 is 3.00 bits per heavy atom. The maximum atomic E-state index is 5.73. The Kier molecular flexibility index (Phi) is 4.35. The SMILES string of the molecule is CC1(C(Cc2sccc2Br)NN)CCCS1. The zero-order valence-electron chi connectivity index (χ0n) is 9.33. The first-order valence-electron chi connectivity index (χ1n) is 5.47. The lowest BCUT2D eigenvalue weighted by Gasteiger charge is -2.32. The van der Waals surface area contributed by atoms with Crippen molar-refractivity contribution in [2.24, 2.45) is 5.84 Å². The molecular formula is C11H17BrN2S2. The minimum absolute atomic E-state index is 0.290. The van der Waals surface area contributed by atoms with Crippen LogP contribution in [0, 0.1) is 0 Å². The minimum atomic E-state index is 0.290. The van der Waals surface area contributed by atoms with Crippen molar-refractivity contribution in [2.75, 3.05) is 5.75 Å². The van der Waals surface area contributed by atoms with Crippen molar-refractivity contribution in [3.05, 3.63) is 20.8 Å². The van der Waals surface area contributed by atoms with E-state index >= 15 is 0 Å². The Bertz CT molecular complexity index is 348. The van der Waals surface area contributed by atoms with E-state index in [0.29, 0.717) is 6.04 Å². The largest absolute Gasteiger partial charge is 0.271 e. The molecule has 3 N–H and O–H groups in total. The van der Waals surface area contributed by atoms with Gasteiger partial charge in [-0.1, -0.05) is 0 Å². The van der Waals surface area contributed by atoms with E-state index in [4.69, 9.17) is 5.84 Å². The van der Waals surface area contributed by atoms with E-state index in [1.54, 1.807) is 11.3 Å². The number of rotatable bonds is 4. The highest BCUT2D eigenvalue weighted by Gasteiger charge is 2.37. The third kappa shape index (κ3) is 2.64. The van der Waals surface area contributed by atoms with Gasteiger partial charge in [-0.05, 0) is 52.9 Å². The molecule has 0 aliphatic carbocycles. The Morgan fingerprint density at radius 1 is 1.69 bits per heavy atom. The molecule has 1 aromatic rings. The minimum Gasteiger partial charge on any atom is -0.271 e. The molecule has 0 aromatic carbocycles. The lowest BCUT2D eigenvalue weighted by Crippen LogP contribution is -2.49.